The van der Waals surface area contributed by atoms with Crippen molar-refractivity contribution in [3.8, 4) is 0 Å². The summed E-state index contributed by atoms with van der Waals surface area (Å²) in [6, 6.07) is 1.11. The van der Waals surface area contributed by atoms with E-state index in [2.05, 4.69) is 18.7 Å². The molecule has 0 aromatic carbocycles. The van der Waals surface area contributed by atoms with Crippen LogP contribution in [-0.2, 0) is 4.74 Å². The first-order valence-electron chi connectivity index (χ1n) is 7.17. The largest absolute Gasteiger partial charge is 0.383 e. The zero-order chi connectivity index (χ0) is 12.7. The van der Waals surface area contributed by atoms with Crippen molar-refractivity contribution >= 4 is 0 Å². The van der Waals surface area contributed by atoms with E-state index in [4.69, 9.17) is 10.5 Å². The van der Waals surface area contributed by atoms with Crippen LogP contribution in [0.15, 0.2) is 0 Å². The Morgan fingerprint density at radius 2 is 2.12 bits per heavy atom. The van der Waals surface area contributed by atoms with Gasteiger partial charge in [-0.1, -0.05) is 13.3 Å². The molecule has 3 heteroatoms. The van der Waals surface area contributed by atoms with Crippen molar-refractivity contribution < 1.29 is 4.74 Å². The van der Waals surface area contributed by atoms with E-state index in [-0.39, 0.29) is 0 Å². The Labute approximate surface area is 107 Å². The molecular weight excluding hydrogens is 212 g/mol. The second-order valence-corrected chi connectivity index (χ2v) is 5.43. The van der Waals surface area contributed by atoms with Gasteiger partial charge in [0.1, 0.15) is 0 Å². The summed E-state index contributed by atoms with van der Waals surface area (Å²) in [5.74, 6) is 0.754. The molecule has 3 unspecified atom stereocenters. The molecule has 1 fully saturated rings. The number of methoxy groups -OCH3 is 1. The van der Waals surface area contributed by atoms with E-state index in [0.29, 0.717) is 12.1 Å². The van der Waals surface area contributed by atoms with Crippen LogP contribution in [0.4, 0.5) is 0 Å². The summed E-state index contributed by atoms with van der Waals surface area (Å²) >= 11 is 0. The first-order valence-corrected chi connectivity index (χ1v) is 7.17. The molecule has 1 aliphatic rings. The first kappa shape index (κ1) is 14.9. The smallest absolute Gasteiger partial charge is 0.0589 e. The predicted octanol–water partition coefficient (Wildman–Crippen LogP) is 2.25. The molecule has 102 valence electrons. The fraction of sp³-hybridized carbons (Fsp3) is 1.00. The Bertz CT molecular complexity index is 199. The van der Waals surface area contributed by atoms with Crippen molar-refractivity contribution in [1.82, 2.24) is 4.90 Å². The lowest BCUT2D eigenvalue weighted by Crippen LogP contribution is -2.38. The topological polar surface area (TPSA) is 38.5 Å². The van der Waals surface area contributed by atoms with E-state index in [1.807, 2.05) is 0 Å². The molecule has 1 saturated carbocycles. The maximum absolute atomic E-state index is 6.13. The van der Waals surface area contributed by atoms with Crippen molar-refractivity contribution in [2.24, 2.45) is 11.7 Å². The monoisotopic (exact) mass is 242 g/mol. The van der Waals surface area contributed by atoms with Gasteiger partial charge in [0, 0.05) is 25.7 Å². The van der Waals surface area contributed by atoms with Crippen molar-refractivity contribution in [3.63, 3.8) is 0 Å². The molecular formula is C14H30N2O. The lowest BCUT2D eigenvalue weighted by molar-refractivity contribution is 0.117. The minimum absolute atomic E-state index is 0.455. The number of ether oxygens (including phenoxy) is 1. The van der Waals surface area contributed by atoms with Crippen LogP contribution in [0.2, 0.25) is 0 Å². The Hall–Kier alpha value is -0.120. The maximum atomic E-state index is 6.13. The van der Waals surface area contributed by atoms with Crippen LogP contribution in [0.1, 0.15) is 46.0 Å². The van der Waals surface area contributed by atoms with Crippen molar-refractivity contribution in [1.29, 1.82) is 0 Å². The van der Waals surface area contributed by atoms with Gasteiger partial charge in [-0.05, 0) is 45.1 Å². The summed E-state index contributed by atoms with van der Waals surface area (Å²) in [5.41, 5.74) is 6.13. The van der Waals surface area contributed by atoms with Crippen LogP contribution in [0.3, 0.4) is 0 Å². The van der Waals surface area contributed by atoms with E-state index in [9.17, 15) is 0 Å². The highest BCUT2D eigenvalue weighted by Gasteiger charge is 2.24. The van der Waals surface area contributed by atoms with E-state index in [1.54, 1.807) is 7.11 Å². The predicted molar refractivity (Wildman–Crippen MR) is 73.1 cm³/mol. The minimum atomic E-state index is 0.455. The summed E-state index contributed by atoms with van der Waals surface area (Å²) < 4.78 is 5.19. The Kier molecular flexibility index (Phi) is 7.09. The molecule has 0 aliphatic heterocycles. The number of hydrogen-bond acceptors (Lipinski definition) is 3. The third-order valence-corrected chi connectivity index (χ3v) is 4.30. The number of rotatable bonds is 8. The maximum Gasteiger partial charge on any atom is 0.0589 e. The lowest BCUT2D eigenvalue weighted by atomic mass is 9.99. The van der Waals surface area contributed by atoms with Crippen LogP contribution in [-0.4, -0.2) is 43.8 Å². The molecule has 0 spiro atoms. The molecule has 0 amide bonds. The summed E-state index contributed by atoms with van der Waals surface area (Å²) in [5, 5.41) is 0. The van der Waals surface area contributed by atoms with Crippen LogP contribution >= 0.6 is 0 Å². The van der Waals surface area contributed by atoms with Crippen LogP contribution in [0, 0.1) is 5.92 Å². The van der Waals surface area contributed by atoms with Crippen molar-refractivity contribution in [3.05, 3.63) is 0 Å². The molecule has 3 nitrogen and oxygen atoms in total. The van der Waals surface area contributed by atoms with Crippen LogP contribution in [0.5, 0.6) is 0 Å². The second-order valence-electron chi connectivity index (χ2n) is 5.43. The third-order valence-electron chi connectivity index (χ3n) is 4.30. The van der Waals surface area contributed by atoms with Gasteiger partial charge in [0.2, 0.25) is 0 Å². The summed E-state index contributed by atoms with van der Waals surface area (Å²) in [4.78, 5) is 2.55. The highest BCUT2D eigenvalue weighted by atomic mass is 16.5. The molecule has 1 rings (SSSR count). The van der Waals surface area contributed by atoms with Gasteiger partial charge in [0.05, 0.1) is 6.61 Å². The number of hydrogen-bond donors (Lipinski definition) is 1. The van der Waals surface area contributed by atoms with Crippen LogP contribution in [0.25, 0.3) is 0 Å². The highest BCUT2D eigenvalue weighted by molar-refractivity contribution is 4.81. The van der Waals surface area contributed by atoms with E-state index >= 15 is 0 Å². The second kappa shape index (κ2) is 8.06. The van der Waals surface area contributed by atoms with Crippen molar-refractivity contribution in [2.45, 2.75) is 58.0 Å². The Morgan fingerprint density at radius 1 is 1.35 bits per heavy atom. The fourth-order valence-corrected chi connectivity index (χ4v) is 2.77. The molecule has 0 radical (unpaired) electrons. The molecule has 0 bridgehead atoms. The van der Waals surface area contributed by atoms with Gasteiger partial charge in [-0.25, -0.2) is 0 Å². The SMILES string of the molecule is CCC(C)N(CCOC)CCC1CCCC1N. The molecule has 0 saturated heterocycles. The first-order chi connectivity index (χ1) is 8.19. The van der Waals surface area contributed by atoms with Gasteiger partial charge in [-0.15, -0.1) is 0 Å². The normalized spacial score (nSPS) is 26.6. The van der Waals surface area contributed by atoms with E-state index in [1.165, 1.54) is 38.6 Å². The summed E-state index contributed by atoms with van der Waals surface area (Å²) in [7, 11) is 1.78. The van der Waals surface area contributed by atoms with Gasteiger partial charge in [-0.2, -0.15) is 0 Å². The molecule has 0 aromatic heterocycles. The third kappa shape index (κ3) is 4.94. The molecule has 2 N–H and O–H groups in total. The summed E-state index contributed by atoms with van der Waals surface area (Å²) in [6.45, 7) is 7.63. The number of nitrogens with two attached hydrogens (primary N) is 1. The molecule has 3 atom stereocenters. The molecule has 1 aliphatic carbocycles. The van der Waals surface area contributed by atoms with E-state index in [0.717, 1.165) is 19.1 Å². The zero-order valence-electron chi connectivity index (χ0n) is 11.8. The quantitative estimate of drug-likeness (QED) is 0.709. The average molecular weight is 242 g/mol. The van der Waals surface area contributed by atoms with E-state index < -0.39 is 0 Å². The van der Waals surface area contributed by atoms with Gasteiger partial charge >= 0.3 is 0 Å². The summed E-state index contributed by atoms with van der Waals surface area (Å²) in [6.07, 6.45) is 6.36. The van der Waals surface area contributed by atoms with Gasteiger partial charge in [-0.3, -0.25) is 4.90 Å². The van der Waals surface area contributed by atoms with Crippen molar-refractivity contribution in [2.75, 3.05) is 26.8 Å². The Balaban J connectivity index is 2.31. The standard InChI is InChI=1S/C14H30N2O/c1-4-12(2)16(10-11-17-3)9-8-13-6-5-7-14(13)15/h12-14H,4-11,15H2,1-3H3. The van der Waals surface area contributed by atoms with Crippen LogP contribution < -0.4 is 5.73 Å². The van der Waals surface area contributed by atoms with Gasteiger partial charge in [0.25, 0.3) is 0 Å². The highest BCUT2D eigenvalue weighted by Crippen LogP contribution is 2.27. The van der Waals surface area contributed by atoms with Gasteiger partial charge in [0.15, 0.2) is 0 Å². The lowest BCUT2D eigenvalue weighted by Gasteiger charge is -2.29. The molecule has 0 aromatic rings. The average Bonchev–Trinajstić information content (AvgIpc) is 2.74. The molecule has 0 heterocycles. The number of nitrogens with zero attached hydrogens (tertiary/aromatic N) is 1. The van der Waals surface area contributed by atoms with Gasteiger partial charge < -0.3 is 10.5 Å². The molecule has 17 heavy (non-hydrogen) atoms. The zero-order valence-corrected chi connectivity index (χ0v) is 11.8. The Morgan fingerprint density at radius 3 is 2.65 bits per heavy atom. The fourth-order valence-electron chi connectivity index (χ4n) is 2.77. The minimum Gasteiger partial charge on any atom is -0.383 e.